The number of hydrogen-bond acceptors (Lipinski definition) is 2. The largest absolute Gasteiger partial charge is 0.377 e. The molecule has 3 heteroatoms. The molecule has 0 radical (unpaired) electrons. The van der Waals surface area contributed by atoms with E-state index in [1.54, 1.807) is 0 Å². The average Bonchev–Trinajstić information content (AvgIpc) is 2.28. The third-order valence-electron chi connectivity index (χ3n) is 3.30. The molecule has 2 aliphatic rings. The zero-order valence-electron chi connectivity index (χ0n) is 10.1. The van der Waals surface area contributed by atoms with E-state index in [2.05, 4.69) is 30.7 Å². The van der Waals surface area contributed by atoms with E-state index in [4.69, 9.17) is 0 Å². The van der Waals surface area contributed by atoms with Crippen molar-refractivity contribution in [3.63, 3.8) is 0 Å². The molecule has 90 valence electrons. The molecule has 0 spiro atoms. The first-order chi connectivity index (χ1) is 8.08. The number of amides is 1. The van der Waals surface area contributed by atoms with Gasteiger partial charge >= 0.3 is 0 Å². The molecule has 0 aromatic heterocycles. The highest BCUT2D eigenvalue weighted by molar-refractivity contribution is 5.84. The lowest BCUT2D eigenvalue weighted by Crippen LogP contribution is -2.47. The molecule has 2 unspecified atom stereocenters. The summed E-state index contributed by atoms with van der Waals surface area (Å²) in [6, 6.07) is -0.159. The second-order valence-corrected chi connectivity index (χ2v) is 4.61. The molecule has 3 nitrogen and oxygen atoms in total. The van der Waals surface area contributed by atoms with Crippen molar-refractivity contribution in [3.8, 4) is 0 Å². The molecule has 2 atom stereocenters. The fourth-order valence-corrected chi connectivity index (χ4v) is 2.05. The first-order valence-electron chi connectivity index (χ1n) is 5.90. The fraction of sp³-hybridized carbons (Fsp3) is 0.357. The molecular formula is C14H18N2O. The van der Waals surface area contributed by atoms with Gasteiger partial charge in [0.15, 0.2) is 0 Å². The van der Waals surface area contributed by atoms with Gasteiger partial charge in [0.25, 0.3) is 0 Å². The number of carbonyl (C=O) groups excluding carboxylic acids is 1. The maximum atomic E-state index is 11.8. The van der Waals surface area contributed by atoms with Gasteiger partial charge in [-0.2, -0.15) is 0 Å². The van der Waals surface area contributed by atoms with Gasteiger partial charge in [-0.05, 0) is 24.5 Å². The Kier molecular flexibility index (Phi) is 3.18. The molecule has 0 saturated carbocycles. The van der Waals surface area contributed by atoms with Gasteiger partial charge in [-0.25, -0.2) is 0 Å². The van der Waals surface area contributed by atoms with Crippen LogP contribution < -0.4 is 10.6 Å². The van der Waals surface area contributed by atoms with Crippen LogP contribution in [-0.2, 0) is 4.79 Å². The topological polar surface area (TPSA) is 41.1 Å². The first kappa shape index (κ1) is 11.7. The highest BCUT2D eigenvalue weighted by Crippen LogP contribution is 2.23. The summed E-state index contributed by atoms with van der Waals surface area (Å²) in [5.74, 6) is 0.257. The van der Waals surface area contributed by atoms with Crippen molar-refractivity contribution in [2.24, 2.45) is 5.92 Å². The van der Waals surface area contributed by atoms with Crippen LogP contribution in [0.1, 0.15) is 19.8 Å². The average molecular weight is 230 g/mol. The highest BCUT2D eigenvalue weighted by atomic mass is 16.2. The van der Waals surface area contributed by atoms with Gasteiger partial charge in [0.05, 0.1) is 0 Å². The van der Waals surface area contributed by atoms with Crippen molar-refractivity contribution in [2.75, 3.05) is 0 Å². The third kappa shape index (κ3) is 2.49. The van der Waals surface area contributed by atoms with Gasteiger partial charge in [-0.15, -0.1) is 0 Å². The number of piperidine rings is 1. The minimum Gasteiger partial charge on any atom is -0.377 e. The summed E-state index contributed by atoms with van der Waals surface area (Å²) in [5.41, 5.74) is 2.93. The molecule has 0 bridgehead atoms. The minimum atomic E-state index is -0.159. The summed E-state index contributed by atoms with van der Waals surface area (Å²) in [5, 5.41) is 6.09. The van der Waals surface area contributed by atoms with Gasteiger partial charge in [0.2, 0.25) is 5.91 Å². The van der Waals surface area contributed by atoms with Crippen LogP contribution in [0, 0.1) is 5.92 Å². The van der Waals surface area contributed by atoms with E-state index < -0.39 is 0 Å². The highest BCUT2D eigenvalue weighted by Gasteiger charge is 2.26. The Morgan fingerprint density at radius 3 is 2.94 bits per heavy atom. The van der Waals surface area contributed by atoms with E-state index in [0.717, 1.165) is 29.8 Å². The van der Waals surface area contributed by atoms with Crippen molar-refractivity contribution >= 4 is 5.91 Å². The Morgan fingerprint density at radius 2 is 2.24 bits per heavy atom. The maximum Gasteiger partial charge on any atom is 0.246 e. The normalized spacial score (nSPS) is 28.8. The van der Waals surface area contributed by atoms with E-state index in [1.165, 1.54) is 0 Å². The van der Waals surface area contributed by atoms with Crippen LogP contribution in [0.4, 0.5) is 0 Å². The van der Waals surface area contributed by atoms with Crippen LogP contribution in [0.25, 0.3) is 0 Å². The van der Waals surface area contributed by atoms with E-state index in [1.807, 2.05) is 18.2 Å². The molecule has 0 aromatic rings. The molecule has 2 rings (SSSR count). The van der Waals surface area contributed by atoms with Gasteiger partial charge in [-0.1, -0.05) is 32.2 Å². The Balaban J connectivity index is 2.04. The van der Waals surface area contributed by atoms with Gasteiger partial charge < -0.3 is 10.6 Å². The molecule has 2 N–H and O–H groups in total. The quantitative estimate of drug-likeness (QED) is 0.762. The van der Waals surface area contributed by atoms with E-state index >= 15 is 0 Å². The van der Waals surface area contributed by atoms with Gasteiger partial charge in [0.1, 0.15) is 6.04 Å². The Labute approximate surface area is 102 Å². The summed E-state index contributed by atoms with van der Waals surface area (Å²) in [4.78, 5) is 11.8. The van der Waals surface area contributed by atoms with Crippen LogP contribution in [-0.4, -0.2) is 11.9 Å². The number of carbonyl (C=O) groups is 1. The van der Waals surface area contributed by atoms with E-state index in [-0.39, 0.29) is 17.9 Å². The van der Waals surface area contributed by atoms with Crippen LogP contribution >= 0.6 is 0 Å². The van der Waals surface area contributed by atoms with Crippen LogP contribution in [0.3, 0.4) is 0 Å². The summed E-state index contributed by atoms with van der Waals surface area (Å²) >= 11 is 0. The van der Waals surface area contributed by atoms with Crippen LogP contribution in [0.15, 0.2) is 48.4 Å². The zero-order chi connectivity index (χ0) is 12.4. The lowest BCUT2D eigenvalue weighted by Gasteiger charge is -2.29. The summed E-state index contributed by atoms with van der Waals surface area (Å²) in [6.07, 6.45) is 7.60. The van der Waals surface area contributed by atoms with E-state index in [0.29, 0.717) is 0 Å². The molecule has 1 fully saturated rings. The SMILES string of the molecule is C=C1CCC(NC2=CC=CC(=C)C2C)C(=O)N1. The molecule has 0 aromatic carbocycles. The van der Waals surface area contributed by atoms with Crippen molar-refractivity contribution < 1.29 is 4.79 Å². The second kappa shape index (κ2) is 4.62. The van der Waals surface area contributed by atoms with E-state index in [9.17, 15) is 4.79 Å². The minimum absolute atomic E-state index is 0.00881. The fourth-order valence-electron chi connectivity index (χ4n) is 2.05. The molecule has 1 aliphatic carbocycles. The lowest BCUT2D eigenvalue weighted by molar-refractivity contribution is -0.123. The number of hydrogen-bond donors (Lipinski definition) is 2. The van der Waals surface area contributed by atoms with Crippen molar-refractivity contribution in [2.45, 2.75) is 25.8 Å². The molecular weight excluding hydrogens is 212 g/mol. The predicted octanol–water partition coefficient (Wildman–Crippen LogP) is 2.01. The molecule has 17 heavy (non-hydrogen) atoms. The lowest BCUT2D eigenvalue weighted by atomic mass is 9.93. The van der Waals surface area contributed by atoms with Crippen molar-refractivity contribution in [1.82, 2.24) is 10.6 Å². The van der Waals surface area contributed by atoms with Gasteiger partial charge in [-0.3, -0.25) is 4.79 Å². The third-order valence-corrected chi connectivity index (χ3v) is 3.30. The standard InChI is InChI=1S/C14H18N2O/c1-9-5-4-6-12(11(9)3)16-13-8-7-10(2)15-14(13)17/h4-6,11,13,16H,1-2,7-8H2,3H3,(H,15,17). The predicted molar refractivity (Wildman–Crippen MR) is 69.0 cm³/mol. The number of allylic oxidation sites excluding steroid dienone is 5. The second-order valence-electron chi connectivity index (χ2n) is 4.61. The zero-order valence-corrected chi connectivity index (χ0v) is 10.1. The number of rotatable bonds is 2. The molecule has 1 saturated heterocycles. The van der Waals surface area contributed by atoms with Crippen molar-refractivity contribution in [1.29, 1.82) is 0 Å². The maximum absolute atomic E-state index is 11.8. The molecule has 1 amide bonds. The Hall–Kier alpha value is -1.77. The summed E-state index contributed by atoms with van der Waals surface area (Å²) < 4.78 is 0. The first-order valence-corrected chi connectivity index (χ1v) is 5.90. The van der Waals surface area contributed by atoms with Crippen LogP contribution in [0.2, 0.25) is 0 Å². The van der Waals surface area contributed by atoms with Crippen LogP contribution in [0.5, 0.6) is 0 Å². The van der Waals surface area contributed by atoms with Crippen molar-refractivity contribution in [3.05, 3.63) is 48.4 Å². The molecule has 1 heterocycles. The Bertz CT molecular complexity index is 432. The van der Waals surface area contributed by atoms with Gasteiger partial charge in [0, 0.05) is 17.3 Å². The monoisotopic (exact) mass is 230 g/mol. The molecule has 1 aliphatic heterocycles. The smallest absolute Gasteiger partial charge is 0.246 e. The summed E-state index contributed by atoms with van der Waals surface area (Å²) in [6.45, 7) is 9.85. The Morgan fingerprint density at radius 1 is 1.47 bits per heavy atom. The number of nitrogens with one attached hydrogen (secondary N) is 2. The summed E-state index contributed by atoms with van der Waals surface area (Å²) in [7, 11) is 0.